The quantitative estimate of drug-likeness (QED) is 0.640. The smallest absolute Gasteiger partial charge is 0.262 e. The molecule has 28 heavy (non-hydrogen) atoms. The summed E-state index contributed by atoms with van der Waals surface area (Å²) in [5.74, 6) is 0. The zero-order valence-electron chi connectivity index (χ0n) is 16.7. The maximum absolute atomic E-state index is 13.0. The highest BCUT2D eigenvalue weighted by atomic mass is 35.5. The fourth-order valence-corrected chi connectivity index (χ4v) is 4.81. The molecule has 0 fully saturated rings. The molecule has 1 heterocycles. The van der Waals surface area contributed by atoms with Gasteiger partial charge in [-0.3, -0.25) is 9.40 Å². The van der Waals surface area contributed by atoms with Crippen molar-refractivity contribution in [2.24, 2.45) is 0 Å². The number of rotatable bonds is 5. The van der Waals surface area contributed by atoms with Gasteiger partial charge in [0.05, 0.1) is 28.5 Å². The minimum absolute atomic E-state index is 0.222. The molecule has 0 saturated heterocycles. The number of nitrogens with one attached hydrogen (secondary N) is 1. The van der Waals surface area contributed by atoms with Crippen LogP contribution in [-0.4, -0.2) is 18.2 Å². The monoisotopic (exact) mass is 417 g/mol. The number of hydrogen-bond acceptors (Lipinski definition) is 3. The molecule has 1 aromatic heterocycles. The molecule has 0 amide bonds. The third kappa shape index (κ3) is 4.08. The van der Waals surface area contributed by atoms with Crippen molar-refractivity contribution in [3.8, 4) is 0 Å². The van der Waals surface area contributed by atoms with Crippen LogP contribution >= 0.6 is 11.6 Å². The summed E-state index contributed by atoms with van der Waals surface area (Å²) in [4.78, 5) is 0.222. The van der Waals surface area contributed by atoms with Crippen LogP contribution in [0.4, 0.5) is 5.69 Å². The van der Waals surface area contributed by atoms with Gasteiger partial charge in [0.25, 0.3) is 10.0 Å². The van der Waals surface area contributed by atoms with Gasteiger partial charge in [0.1, 0.15) is 0 Å². The van der Waals surface area contributed by atoms with Crippen molar-refractivity contribution in [2.75, 3.05) is 4.72 Å². The Morgan fingerprint density at radius 1 is 1.00 bits per heavy atom. The number of aromatic nitrogens is 2. The highest BCUT2D eigenvalue weighted by Gasteiger charge is 2.22. The molecular formula is C21H24ClN3O2S. The Hall–Kier alpha value is -2.31. The number of hydrogen-bond donors (Lipinski definition) is 1. The predicted molar refractivity (Wildman–Crippen MR) is 114 cm³/mol. The molecule has 0 aliphatic carbocycles. The van der Waals surface area contributed by atoms with Crippen LogP contribution in [0.3, 0.4) is 0 Å². The van der Waals surface area contributed by atoms with Gasteiger partial charge in [0.15, 0.2) is 0 Å². The summed E-state index contributed by atoms with van der Waals surface area (Å²) in [5.41, 5.74) is 5.54. The van der Waals surface area contributed by atoms with Crippen molar-refractivity contribution in [1.29, 1.82) is 0 Å². The molecule has 0 aliphatic rings. The molecule has 3 rings (SSSR count). The lowest BCUT2D eigenvalue weighted by Crippen LogP contribution is -2.16. The highest BCUT2D eigenvalue weighted by molar-refractivity contribution is 7.92. The van der Waals surface area contributed by atoms with Crippen LogP contribution in [0, 0.1) is 34.6 Å². The number of anilines is 1. The van der Waals surface area contributed by atoms with Crippen molar-refractivity contribution in [2.45, 2.75) is 46.1 Å². The number of halogens is 1. The Bertz CT molecular complexity index is 1130. The van der Waals surface area contributed by atoms with Crippen LogP contribution in [0.25, 0.3) is 0 Å². The second-order valence-corrected chi connectivity index (χ2v) is 9.22. The number of aryl methyl sites for hydroxylation is 4. The molecule has 1 N–H and O–H groups in total. The fraction of sp³-hybridized carbons (Fsp3) is 0.286. The zero-order valence-corrected chi connectivity index (χ0v) is 18.2. The molecule has 0 atom stereocenters. The van der Waals surface area contributed by atoms with Gasteiger partial charge in [-0.1, -0.05) is 41.4 Å². The summed E-state index contributed by atoms with van der Waals surface area (Å²) >= 11 is 6.11. The first-order valence-corrected chi connectivity index (χ1v) is 10.8. The van der Waals surface area contributed by atoms with Crippen LogP contribution in [0.15, 0.2) is 41.3 Å². The van der Waals surface area contributed by atoms with E-state index < -0.39 is 10.0 Å². The van der Waals surface area contributed by atoms with E-state index >= 15 is 0 Å². The van der Waals surface area contributed by atoms with E-state index in [9.17, 15) is 8.42 Å². The van der Waals surface area contributed by atoms with E-state index in [2.05, 4.69) is 34.1 Å². The molecule has 0 radical (unpaired) electrons. The largest absolute Gasteiger partial charge is 0.276 e. The average Bonchev–Trinajstić information content (AvgIpc) is 2.87. The summed E-state index contributed by atoms with van der Waals surface area (Å²) in [6, 6.07) is 11.5. The van der Waals surface area contributed by atoms with Gasteiger partial charge in [0.2, 0.25) is 0 Å². The number of benzene rings is 2. The van der Waals surface area contributed by atoms with Crippen LogP contribution in [0.2, 0.25) is 5.02 Å². The van der Waals surface area contributed by atoms with Crippen molar-refractivity contribution in [3.63, 3.8) is 0 Å². The standard InChI is InChI=1S/C21H24ClN3O2S/c1-13-6-8-18(9-7-13)12-25-17(5)21(16(4)23-25)24-28(26,27)20-11-14(2)19(22)10-15(20)3/h6-11,24H,12H2,1-5H3. The number of nitrogens with zero attached hydrogens (tertiary/aromatic N) is 2. The zero-order chi connectivity index (χ0) is 20.6. The Balaban J connectivity index is 1.93. The van der Waals surface area contributed by atoms with E-state index in [1.165, 1.54) is 5.56 Å². The van der Waals surface area contributed by atoms with Crippen molar-refractivity contribution in [3.05, 3.63) is 75.1 Å². The van der Waals surface area contributed by atoms with E-state index in [0.717, 1.165) is 16.8 Å². The van der Waals surface area contributed by atoms with Crippen LogP contribution in [0.5, 0.6) is 0 Å². The topological polar surface area (TPSA) is 64.0 Å². The predicted octanol–water partition coefficient (Wildman–Crippen LogP) is 4.93. The SMILES string of the molecule is Cc1ccc(Cn2nc(C)c(NS(=O)(=O)c3cc(C)c(Cl)cc3C)c2C)cc1. The molecular weight excluding hydrogens is 394 g/mol. The molecule has 148 valence electrons. The van der Waals surface area contributed by atoms with E-state index in [1.54, 1.807) is 32.9 Å². The van der Waals surface area contributed by atoms with E-state index in [-0.39, 0.29) is 4.90 Å². The molecule has 0 saturated carbocycles. The van der Waals surface area contributed by atoms with Crippen molar-refractivity contribution in [1.82, 2.24) is 9.78 Å². The molecule has 0 bridgehead atoms. The molecule has 7 heteroatoms. The lowest BCUT2D eigenvalue weighted by atomic mass is 10.1. The summed E-state index contributed by atoms with van der Waals surface area (Å²) in [5, 5.41) is 5.08. The lowest BCUT2D eigenvalue weighted by Gasteiger charge is -2.13. The van der Waals surface area contributed by atoms with Crippen LogP contribution in [-0.2, 0) is 16.6 Å². The van der Waals surface area contributed by atoms with Gasteiger partial charge >= 0.3 is 0 Å². The molecule has 5 nitrogen and oxygen atoms in total. The Kier molecular flexibility index (Phi) is 5.55. The summed E-state index contributed by atoms with van der Waals surface area (Å²) in [7, 11) is -3.76. The molecule has 0 aliphatic heterocycles. The summed E-state index contributed by atoms with van der Waals surface area (Å²) < 4.78 is 30.5. The average molecular weight is 418 g/mol. The Morgan fingerprint density at radius 2 is 1.64 bits per heavy atom. The van der Waals surface area contributed by atoms with Gasteiger partial charge < -0.3 is 0 Å². The second-order valence-electron chi connectivity index (χ2n) is 7.16. The van der Waals surface area contributed by atoms with E-state index in [1.807, 2.05) is 18.5 Å². The minimum Gasteiger partial charge on any atom is -0.276 e. The normalized spacial score (nSPS) is 11.6. The third-order valence-corrected chi connectivity index (χ3v) is 6.72. The Labute approximate surface area is 171 Å². The minimum atomic E-state index is -3.76. The summed E-state index contributed by atoms with van der Waals surface area (Å²) in [6.07, 6.45) is 0. The Morgan fingerprint density at radius 3 is 2.29 bits per heavy atom. The summed E-state index contributed by atoms with van der Waals surface area (Å²) in [6.45, 7) is 9.81. The second kappa shape index (κ2) is 7.60. The van der Waals surface area contributed by atoms with Gasteiger partial charge in [-0.25, -0.2) is 8.42 Å². The third-order valence-electron chi connectivity index (χ3n) is 4.82. The first-order valence-electron chi connectivity index (χ1n) is 8.97. The highest BCUT2D eigenvalue weighted by Crippen LogP contribution is 2.28. The van der Waals surface area contributed by atoms with Gasteiger partial charge in [-0.2, -0.15) is 5.10 Å². The van der Waals surface area contributed by atoms with Gasteiger partial charge in [0, 0.05) is 5.02 Å². The van der Waals surface area contributed by atoms with E-state index in [0.29, 0.717) is 28.5 Å². The lowest BCUT2D eigenvalue weighted by molar-refractivity contribution is 0.600. The maximum atomic E-state index is 13.0. The maximum Gasteiger partial charge on any atom is 0.262 e. The van der Waals surface area contributed by atoms with Crippen molar-refractivity contribution >= 4 is 27.3 Å². The van der Waals surface area contributed by atoms with Gasteiger partial charge in [-0.15, -0.1) is 0 Å². The molecule has 0 unspecified atom stereocenters. The van der Waals surface area contributed by atoms with Crippen molar-refractivity contribution < 1.29 is 8.42 Å². The molecule has 0 spiro atoms. The fourth-order valence-electron chi connectivity index (χ4n) is 3.10. The first kappa shape index (κ1) is 20.4. The first-order chi connectivity index (χ1) is 13.1. The van der Waals surface area contributed by atoms with Crippen LogP contribution in [0.1, 0.15) is 33.6 Å². The van der Waals surface area contributed by atoms with Crippen LogP contribution < -0.4 is 4.72 Å². The van der Waals surface area contributed by atoms with Gasteiger partial charge in [-0.05, 0) is 63.4 Å². The molecule has 3 aromatic rings. The van der Waals surface area contributed by atoms with E-state index in [4.69, 9.17) is 11.6 Å². The molecule has 2 aromatic carbocycles. The number of sulfonamides is 1.